The zero-order valence-electron chi connectivity index (χ0n) is 14.0. The van der Waals surface area contributed by atoms with Crippen molar-refractivity contribution in [3.63, 3.8) is 0 Å². The molecule has 136 valence electrons. The van der Waals surface area contributed by atoms with Crippen molar-refractivity contribution in [1.29, 1.82) is 0 Å². The molecule has 0 aliphatic carbocycles. The van der Waals surface area contributed by atoms with E-state index in [1.165, 1.54) is 25.1 Å². The highest BCUT2D eigenvalue weighted by Crippen LogP contribution is 2.26. The SMILES string of the molecule is C/C=C/C=C/C(=O)OC(C)C(=O)Nc1nc(-c2ccc(F)c(F)c2)cs1. The molecule has 1 N–H and O–H groups in total. The van der Waals surface area contributed by atoms with Crippen LogP contribution in [0.4, 0.5) is 13.9 Å². The van der Waals surface area contributed by atoms with Gasteiger partial charge in [0.2, 0.25) is 0 Å². The summed E-state index contributed by atoms with van der Waals surface area (Å²) in [5.41, 5.74) is 0.775. The zero-order chi connectivity index (χ0) is 19.1. The smallest absolute Gasteiger partial charge is 0.331 e. The molecule has 8 heteroatoms. The number of amides is 1. The van der Waals surface area contributed by atoms with Crippen molar-refractivity contribution in [2.75, 3.05) is 5.32 Å². The van der Waals surface area contributed by atoms with Crippen molar-refractivity contribution in [1.82, 2.24) is 4.98 Å². The van der Waals surface area contributed by atoms with Gasteiger partial charge in [0.05, 0.1) is 5.69 Å². The average Bonchev–Trinajstić information content (AvgIpc) is 3.06. The summed E-state index contributed by atoms with van der Waals surface area (Å²) in [6.45, 7) is 3.23. The number of nitrogens with one attached hydrogen (secondary N) is 1. The van der Waals surface area contributed by atoms with Gasteiger partial charge in [-0.25, -0.2) is 18.6 Å². The van der Waals surface area contributed by atoms with E-state index in [1.807, 2.05) is 0 Å². The van der Waals surface area contributed by atoms with E-state index in [9.17, 15) is 18.4 Å². The van der Waals surface area contributed by atoms with Gasteiger partial charge in [-0.05, 0) is 32.0 Å². The summed E-state index contributed by atoms with van der Waals surface area (Å²) in [7, 11) is 0. The summed E-state index contributed by atoms with van der Waals surface area (Å²) in [4.78, 5) is 27.7. The van der Waals surface area contributed by atoms with Crippen molar-refractivity contribution in [2.24, 2.45) is 0 Å². The number of carbonyl (C=O) groups is 2. The number of allylic oxidation sites excluding steroid dienone is 3. The minimum atomic E-state index is -1.02. The molecule has 0 spiro atoms. The summed E-state index contributed by atoms with van der Waals surface area (Å²) >= 11 is 1.11. The molecule has 0 saturated heterocycles. The highest BCUT2D eigenvalue weighted by molar-refractivity contribution is 7.14. The summed E-state index contributed by atoms with van der Waals surface area (Å²) < 4.78 is 31.2. The van der Waals surface area contributed by atoms with Crippen LogP contribution in [-0.2, 0) is 14.3 Å². The molecule has 1 atom stereocenters. The second-order valence-corrected chi connectivity index (χ2v) is 5.98. The summed E-state index contributed by atoms with van der Waals surface area (Å²) in [5.74, 6) is -3.12. The van der Waals surface area contributed by atoms with Gasteiger partial charge in [0, 0.05) is 17.0 Å². The monoisotopic (exact) mass is 378 g/mol. The van der Waals surface area contributed by atoms with Gasteiger partial charge in [0.15, 0.2) is 22.9 Å². The quantitative estimate of drug-likeness (QED) is 0.467. The minimum absolute atomic E-state index is 0.252. The molecule has 2 rings (SSSR count). The van der Waals surface area contributed by atoms with Crippen LogP contribution in [0.5, 0.6) is 0 Å². The lowest BCUT2D eigenvalue weighted by Crippen LogP contribution is -2.29. The summed E-state index contributed by atoms with van der Waals surface area (Å²) in [5, 5.41) is 4.36. The minimum Gasteiger partial charge on any atom is -0.449 e. The largest absolute Gasteiger partial charge is 0.449 e. The lowest BCUT2D eigenvalue weighted by Gasteiger charge is -2.10. The van der Waals surface area contributed by atoms with Crippen molar-refractivity contribution in [3.8, 4) is 11.3 Å². The average molecular weight is 378 g/mol. The molecule has 0 fully saturated rings. The molecule has 0 saturated carbocycles. The van der Waals surface area contributed by atoms with Crippen LogP contribution in [0.2, 0.25) is 0 Å². The molecular weight excluding hydrogens is 362 g/mol. The van der Waals surface area contributed by atoms with E-state index in [4.69, 9.17) is 4.74 Å². The number of hydrogen-bond donors (Lipinski definition) is 1. The normalized spacial score (nSPS) is 12.5. The lowest BCUT2D eigenvalue weighted by atomic mass is 10.2. The third-order valence-electron chi connectivity index (χ3n) is 3.15. The maximum absolute atomic E-state index is 13.3. The fraction of sp³-hybridized carbons (Fsp3) is 0.167. The second kappa shape index (κ2) is 9.00. The number of hydrogen-bond acceptors (Lipinski definition) is 5. The third-order valence-corrected chi connectivity index (χ3v) is 3.91. The Morgan fingerprint density at radius 1 is 1.27 bits per heavy atom. The van der Waals surface area contributed by atoms with E-state index in [2.05, 4.69) is 10.3 Å². The number of aromatic nitrogens is 1. The molecule has 0 aliphatic heterocycles. The molecule has 1 aromatic carbocycles. The Hall–Kier alpha value is -2.87. The molecule has 0 aliphatic rings. The van der Waals surface area contributed by atoms with Crippen LogP contribution in [-0.4, -0.2) is 23.0 Å². The fourth-order valence-corrected chi connectivity index (χ4v) is 2.56. The van der Waals surface area contributed by atoms with E-state index in [1.54, 1.807) is 24.5 Å². The maximum Gasteiger partial charge on any atom is 0.331 e. The number of esters is 1. The first-order chi connectivity index (χ1) is 12.4. The number of rotatable bonds is 6. The van der Waals surface area contributed by atoms with Crippen LogP contribution in [0.1, 0.15) is 13.8 Å². The van der Waals surface area contributed by atoms with Gasteiger partial charge in [-0.3, -0.25) is 10.1 Å². The number of ether oxygens (including phenoxy) is 1. The molecule has 0 bridgehead atoms. The van der Waals surface area contributed by atoms with Gasteiger partial charge in [0.1, 0.15) is 0 Å². The van der Waals surface area contributed by atoms with Crippen LogP contribution in [0, 0.1) is 11.6 Å². The highest BCUT2D eigenvalue weighted by atomic mass is 32.1. The first-order valence-corrected chi connectivity index (χ1v) is 8.50. The number of halogens is 2. The van der Waals surface area contributed by atoms with Crippen molar-refractivity contribution in [2.45, 2.75) is 20.0 Å². The summed E-state index contributed by atoms with van der Waals surface area (Å²) in [6.07, 6.45) is 5.08. The second-order valence-electron chi connectivity index (χ2n) is 5.12. The van der Waals surface area contributed by atoms with Crippen molar-refractivity contribution >= 4 is 28.3 Å². The number of carbonyl (C=O) groups excluding carboxylic acids is 2. The van der Waals surface area contributed by atoms with Gasteiger partial charge in [-0.2, -0.15) is 0 Å². The van der Waals surface area contributed by atoms with E-state index >= 15 is 0 Å². The molecule has 26 heavy (non-hydrogen) atoms. The Kier molecular flexibility index (Phi) is 6.74. The van der Waals surface area contributed by atoms with Gasteiger partial charge < -0.3 is 4.74 Å². The number of thiazole rings is 1. The van der Waals surface area contributed by atoms with Gasteiger partial charge in [-0.15, -0.1) is 11.3 Å². The molecule has 1 heterocycles. The predicted octanol–water partition coefficient (Wildman–Crippen LogP) is 4.09. The third kappa shape index (κ3) is 5.32. The van der Waals surface area contributed by atoms with E-state index in [0.29, 0.717) is 11.3 Å². The predicted molar refractivity (Wildman–Crippen MR) is 95.6 cm³/mol. The van der Waals surface area contributed by atoms with Crippen LogP contribution in [0.25, 0.3) is 11.3 Å². The fourth-order valence-electron chi connectivity index (χ4n) is 1.84. The zero-order valence-corrected chi connectivity index (χ0v) is 14.8. The van der Waals surface area contributed by atoms with Crippen molar-refractivity contribution < 1.29 is 23.1 Å². The molecular formula is C18H16F2N2O3S. The van der Waals surface area contributed by atoms with Crippen LogP contribution >= 0.6 is 11.3 Å². The van der Waals surface area contributed by atoms with Gasteiger partial charge in [0.25, 0.3) is 5.91 Å². The Morgan fingerprint density at radius 3 is 2.73 bits per heavy atom. The van der Waals surface area contributed by atoms with E-state index < -0.39 is 29.6 Å². The summed E-state index contributed by atoms with van der Waals surface area (Å²) in [6, 6.07) is 3.42. The van der Waals surface area contributed by atoms with Crippen molar-refractivity contribution in [3.05, 3.63) is 59.5 Å². The Bertz CT molecular complexity index is 862. The van der Waals surface area contributed by atoms with Crippen LogP contribution in [0.15, 0.2) is 47.9 Å². The maximum atomic E-state index is 13.3. The van der Waals surface area contributed by atoms with Crippen LogP contribution < -0.4 is 5.32 Å². The van der Waals surface area contributed by atoms with Gasteiger partial charge in [-0.1, -0.05) is 18.2 Å². The standard InChI is InChI=1S/C18H16F2N2O3S/c1-3-4-5-6-16(23)25-11(2)17(24)22-18-21-15(10-26-18)12-7-8-13(19)14(20)9-12/h3-11H,1-2H3,(H,21,22,24)/b4-3+,6-5+. The number of nitrogens with zero attached hydrogens (tertiary/aromatic N) is 1. The lowest BCUT2D eigenvalue weighted by molar-refractivity contribution is -0.148. The van der Waals surface area contributed by atoms with Gasteiger partial charge >= 0.3 is 5.97 Å². The first kappa shape index (κ1) is 19.5. The molecule has 1 amide bonds. The Balaban J connectivity index is 1.98. The number of anilines is 1. The topological polar surface area (TPSA) is 68.3 Å². The Morgan fingerprint density at radius 2 is 2.04 bits per heavy atom. The highest BCUT2D eigenvalue weighted by Gasteiger charge is 2.18. The number of benzene rings is 1. The molecule has 5 nitrogen and oxygen atoms in total. The molecule has 2 aromatic rings. The molecule has 1 unspecified atom stereocenters. The van der Waals surface area contributed by atoms with Crippen LogP contribution in [0.3, 0.4) is 0 Å². The molecule has 1 aromatic heterocycles. The van der Waals surface area contributed by atoms with E-state index in [-0.39, 0.29) is 5.13 Å². The molecule has 0 radical (unpaired) electrons. The Labute approximate surface area is 153 Å². The van der Waals surface area contributed by atoms with E-state index in [0.717, 1.165) is 23.5 Å². The first-order valence-electron chi connectivity index (χ1n) is 7.62.